The second kappa shape index (κ2) is 7.17. The van der Waals surface area contributed by atoms with Gasteiger partial charge in [-0.2, -0.15) is 5.10 Å². The Balaban J connectivity index is 1.69. The summed E-state index contributed by atoms with van der Waals surface area (Å²) in [5, 5.41) is 9.56. The van der Waals surface area contributed by atoms with Gasteiger partial charge in [0.1, 0.15) is 0 Å². The normalized spacial score (nSPS) is 10.4. The monoisotopic (exact) mass is 304 g/mol. The average molecular weight is 304 g/mol. The maximum absolute atomic E-state index is 11.7. The van der Waals surface area contributed by atoms with Crippen LogP contribution in [0.25, 0.3) is 0 Å². The molecule has 112 valence electrons. The highest BCUT2D eigenvalue weighted by atomic mass is 32.2. The molecule has 1 aromatic heterocycles. The molecule has 0 fully saturated rings. The van der Waals surface area contributed by atoms with Crippen molar-refractivity contribution >= 4 is 23.5 Å². The van der Waals surface area contributed by atoms with Crippen molar-refractivity contribution in [3.05, 3.63) is 41.7 Å². The third-order valence-corrected chi connectivity index (χ3v) is 4.09. The minimum absolute atomic E-state index is 0.205. The van der Waals surface area contributed by atoms with Crippen LogP contribution >= 0.6 is 11.8 Å². The maximum atomic E-state index is 11.7. The van der Waals surface area contributed by atoms with E-state index in [1.165, 1.54) is 16.0 Å². The van der Waals surface area contributed by atoms with E-state index < -0.39 is 0 Å². The minimum Gasteiger partial charge on any atom is -0.337 e. The zero-order valence-electron chi connectivity index (χ0n) is 12.5. The van der Waals surface area contributed by atoms with Crippen LogP contribution in [0, 0.1) is 13.8 Å². The lowest BCUT2D eigenvalue weighted by molar-refractivity contribution is 0.252. The van der Waals surface area contributed by atoms with Gasteiger partial charge in [0.15, 0.2) is 0 Å². The summed E-state index contributed by atoms with van der Waals surface area (Å²) in [5.74, 6) is 0.836. The van der Waals surface area contributed by atoms with E-state index in [9.17, 15) is 4.79 Å². The van der Waals surface area contributed by atoms with Crippen molar-refractivity contribution < 1.29 is 4.79 Å². The van der Waals surface area contributed by atoms with E-state index >= 15 is 0 Å². The van der Waals surface area contributed by atoms with Gasteiger partial charge in [0.2, 0.25) is 0 Å². The second-order valence-corrected chi connectivity index (χ2v) is 6.05. The lowest BCUT2D eigenvalue weighted by Crippen LogP contribution is -2.30. The first-order chi connectivity index (χ1) is 10.0. The first-order valence-corrected chi connectivity index (χ1v) is 7.77. The fraction of sp³-hybridized carbons (Fsp3) is 0.333. The molecule has 2 amide bonds. The van der Waals surface area contributed by atoms with Crippen molar-refractivity contribution in [3.63, 3.8) is 0 Å². The predicted molar refractivity (Wildman–Crippen MR) is 86.9 cm³/mol. The first-order valence-electron chi connectivity index (χ1n) is 6.78. The largest absolute Gasteiger partial charge is 0.337 e. The summed E-state index contributed by atoms with van der Waals surface area (Å²) < 4.78 is 1.64. The van der Waals surface area contributed by atoms with Crippen LogP contribution in [0.5, 0.6) is 0 Å². The molecule has 1 aromatic carbocycles. The quantitative estimate of drug-likeness (QED) is 0.659. The smallest absolute Gasteiger partial charge is 0.319 e. The zero-order chi connectivity index (χ0) is 15.2. The molecule has 1 heterocycles. The van der Waals surface area contributed by atoms with E-state index in [1.54, 1.807) is 28.8 Å². The summed E-state index contributed by atoms with van der Waals surface area (Å²) in [5.41, 5.74) is 3.28. The molecule has 2 rings (SSSR count). The molecule has 2 aromatic rings. The van der Waals surface area contributed by atoms with Gasteiger partial charge in [-0.15, -0.1) is 11.8 Å². The number of carbonyl (C=O) groups excluding carboxylic acids is 1. The molecule has 0 saturated carbocycles. The number of hydrogen-bond donors (Lipinski definition) is 2. The Labute approximate surface area is 129 Å². The van der Waals surface area contributed by atoms with Crippen LogP contribution in [-0.4, -0.2) is 28.1 Å². The topological polar surface area (TPSA) is 59.0 Å². The van der Waals surface area contributed by atoms with Gasteiger partial charge in [-0.3, -0.25) is 4.68 Å². The Morgan fingerprint density at radius 3 is 2.81 bits per heavy atom. The summed E-state index contributed by atoms with van der Waals surface area (Å²) in [6, 6.07) is 6.21. The maximum Gasteiger partial charge on any atom is 0.319 e. The summed E-state index contributed by atoms with van der Waals surface area (Å²) in [6.07, 6.45) is 3.37. The zero-order valence-corrected chi connectivity index (χ0v) is 13.3. The number of carbonyl (C=O) groups is 1. The number of aryl methyl sites for hydroxylation is 3. The average Bonchev–Trinajstić information content (AvgIpc) is 2.84. The summed E-state index contributed by atoms with van der Waals surface area (Å²) in [4.78, 5) is 12.9. The minimum atomic E-state index is -0.205. The van der Waals surface area contributed by atoms with E-state index in [1.807, 2.05) is 7.05 Å². The van der Waals surface area contributed by atoms with E-state index in [2.05, 4.69) is 47.8 Å². The molecule has 0 aliphatic rings. The Bertz CT molecular complexity index is 624. The molecule has 5 nitrogen and oxygen atoms in total. The van der Waals surface area contributed by atoms with E-state index in [4.69, 9.17) is 0 Å². The van der Waals surface area contributed by atoms with E-state index in [0.717, 1.165) is 5.75 Å². The molecule has 0 atom stereocenters. The van der Waals surface area contributed by atoms with Crippen LogP contribution in [0.1, 0.15) is 11.1 Å². The number of hydrogen-bond acceptors (Lipinski definition) is 3. The number of amides is 2. The van der Waals surface area contributed by atoms with Crippen LogP contribution in [0.4, 0.5) is 10.5 Å². The van der Waals surface area contributed by atoms with Crippen LogP contribution < -0.4 is 10.6 Å². The predicted octanol–water partition coefficient (Wildman–Crippen LogP) is 2.95. The Morgan fingerprint density at radius 1 is 1.33 bits per heavy atom. The van der Waals surface area contributed by atoms with Gasteiger partial charge in [0.25, 0.3) is 0 Å². The van der Waals surface area contributed by atoms with Crippen molar-refractivity contribution in [2.45, 2.75) is 18.7 Å². The van der Waals surface area contributed by atoms with Crippen molar-refractivity contribution in [2.24, 2.45) is 7.05 Å². The van der Waals surface area contributed by atoms with Crippen LogP contribution in [0.3, 0.4) is 0 Å². The van der Waals surface area contributed by atoms with Gasteiger partial charge in [-0.1, -0.05) is 6.07 Å². The molecule has 2 N–H and O–H groups in total. The van der Waals surface area contributed by atoms with Gasteiger partial charge in [-0.25, -0.2) is 4.79 Å². The number of anilines is 1. The summed E-state index contributed by atoms with van der Waals surface area (Å²) in [7, 11) is 1.81. The van der Waals surface area contributed by atoms with Crippen molar-refractivity contribution in [3.8, 4) is 0 Å². The number of rotatable bonds is 5. The third kappa shape index (κ3) is 4.82. The standard InChI is InChI=1S/C15H20N4OS/c1-11-4-5-14(8-12(11)2)21-7-6-16-15(20)18-13-9-17-19(3)10-13/h4-5,8-10H,6-7H2,1-3H3,(H2,16,18,20). The fourth-order valence-electron chi connectivity index (χ4n) is 1.80. The molecule has 0 aliphatic heterocycles. The number of urea groups is 1. The highest BCUT2D eigenvalue weighted by Gasteiger charge is 2.03. The Kier molecular flexibility index (Phi) is 5.27. The number of aromatic nitrogens is 2. The van der Waals surface area contributed by atoms with Crippen molar-refractivity contribution in [2.75, 3.05) is 17.6 Å². The van der Waals surface area contributed by atoms with Gasteiger partial charge < -0.3 is 10.6 Å². The molecule has 6 heteroatoms. The molecular weight excluding hydrogens is 284 g/mol. The first kappa shape index (κ1) is 15.4. The number of nitrogens with one attached hydrogen (secondary N) is 2. The fourth-order valence-corrected chi connectivity index (χ4v) is 2.66. The molecule has 0 saturated heterocycles. The number of thioether (sulfide) groups is 1. The van der Waals surface area contributed by atoms with Crippen molar-refractivity contribution in [1.82, 2.24) is 15.1 Å². The van der Waals surface area contributed by atoms with Gasteiger partial charge >= 0.3 is 6.03 Å². The molecular formula is C15H20N4OS. The number of benzene rings is 1. The molecule has 0 radical (unpaired) electrons. The molecule has 21 heavy (non-hydrogen) atoms. The number of nitrogens with zero attached hydrogens (tertiary/aromatic N) is 2. The highest BCUT2D eigenvalue weighted by molar-refractivity contribution is 7.99. The molecule has 0 bridgehead atoms. The summed E-state index contributed by atoms with van der Waals surface area (Å²) >= 11 is 1.74. The molecule has 0 unspecified atom stereocenters. The Morgan fingerprint density at radius 2 is 2.14 bits per heavy atom. The lowest BCUT2D eigenvalue weighted by atomic mass is 10.1. The van der Waals surface area contributed by atoms with Crippen LogP contribution in [0.2, 0.25) is 0 Å². The van der Waals surface area contributed by atoms with E-state index in [0.29, 0.717) is 12.2 Å². The van der Waals surface area contributed by atoms with Gasteiger partial charge in [0, 0.05) is 30.4 Å². The second-order valence-electron chi connectivity index (χ2n) is 4.88. The van der Waals surface area contributed by atoms with Gasteiger partial charge in [-0.05, 0) is 37.1 Å². The molecule has 0 aliphatic carbocycles. The van der Waals surface area contributed by atoms with Gasteiger partial charge in [0.05, 0.1) is 11.9 Å². The highest BCUT2D eigenvalue weighted by Crippen LogP contribution is 2.20. The van der Waals surface area contributed by atoms with Crippen LogP contribution in [0.15, 0.2) is 35.5 Å². The Hall–Kier alpha value is -1.95. The van der Waals surface area contributed by atoms with Crippen molar-refractivity contribution in [1.29, 1.82) is 0 Å². The van der Waals surface area contributed by atoms with Crippen LogP contribution in [-0.2, 0) is 7.05 Å². The van der Waals surface area contributed by atoms with E-state index in [-0.39, 0.29) is 6.03 Å². The third-order valence-electron chi connectivity index (χ3n) is 3.10. The SMILES string of the molecule is Cc1ccc(SCCNC(=O)Nc2cnn(C)c2)cc1C. The molecule has 0 spiro atoms. The lowest BCUT2D eigenvalue weighted by Gasteiger charge is -2.07. The summed E-state index contributed by atoms with van der Waals surface area (Å²) in [6.45, 7) is 4.83.